The molecule has 0 atom stereocenters. The summed E-state index contributed by atoms with van der Waals surface area (Å²) in [5.74, 6) is 0.159. The minimum atomic E-state index is 0.159. The zero-order valence-electron chi connectivity index (χ0n) is 15.0. The first-order chi connectivity index (χ1) is 12.8. The van der Waals surface area contributed by atoms with Gasteiger partial charge in [0.2, 0.25) is 0 Å². The number of nitrogens with zero attached hydrogens (tertiary/aromatic N) is 2. The number of rotatable bonds is 3. The summed E-state index contributed by atoms with van der Waals surface area (Å²) >= 11 is 0. The summed E-state index contributed by atoms with van der Waals surface area (Å²) < 4.78 is 0. The van der Waals surface area contributed by atoms with Gasteiger partial charge in [0.05, 0.1) is 11.3 Å². The fourth-order valence-electron chi connectivity index (χ4n) is 3.67. The Balaban J connectivity index is 1.51. The summed E-state index contributed by atoms with van der Waals surface area (Å²) in [5, 5.41) is 11.1. The van der Waals surface area contributed by atoms with Crippen LogP contribution in [0.4, 0.5) is 11.4 Å². The second-order valence-electron chi connectivity index (χ2n) is 6.96. The smallest absolute Gasteiger partial charge is 0.198 e. The SMILES string of the molecule is Oc1[nH]c2ccccc2c1C=Nc1ccc(N2CCCCCCC2)cc1. The van der Waals surface area contributed by atoms with E-state index in [1.54, 1.807) is 6.21 Å². The van der Waals surface area contributed by atoms with Gasteiger partial charge in [-0.05, 0) is 43.2 Å². The van der Waals surface area contributed by atoms with E-state index in [1.807, 2.05) is 24.3 Å². The maximum absolute atomic E-state index is 10.1. The van der Waals surface area contributed by atoms with Crippen molar-refractivity contribution in [3.8, 4) is 5.88 Å². The number of benzene rings is 2. The number of aromatic amines is 1. The zero-order valence-corrected chi connectivity index (χ0v) is 15.0. The molecule has 1 aromatic heterocycles. The average Bonchev–Trinajstić information content (AvgIpc) is 2.95. The van der Waals surface area contributed by atoms with E-state index in [4.69, 9.17) is 0 Å². The molecule has 0 spiro atoms. The van der Waals surface area contributed by atoms with Gasteiger partial charge in [0.1, 0.15) is 0 Å². The highest BCUT2D eigenvalue weighted by Crippen LogP contribution is 2.27. The van der Waals surface area contributed by atoms with Gasteiger partial charge < -0.3 is 15.0 Å². The van der Waals surface area contributed by atoms with Crippen molar-refractivity contribution < 1.29 is 5.11 Å². The summed E-state index contributed by atoms with van der Waals surface area (Å²) in [7, 11) is 0. The van der Waals surface area contributed by atoms with Crippen molar-refractivity contribution in [3.05, 3.63) is 54.1 Å². The van der Waals surface area contributed by atoms with Crippen molar-refractivity contribution in [2.24, 2.45) is 4.99 Å². The lowest BCUT2D eigenvalue weighted by Crippen LogP contribution is -2.26. The first-order valence-corrected chi connectivity index (χ1v) is 9.50. The molecule has 0 unspecified atom stereocenters. The lowest BCUT2D eigenvalue weighted by molar-refractivity contribution is 0.457. The fraction of sp³-hybridized carbons (Fsp3) is 0.318. The van der Waals surface area contributed by atoms with Crippen LogP contribution in [0.25, 0.3) is 10.9 Å². The van der Waals surface area contributed by atoms with E-state index < -0.39 is 0 Å². The largest absolute Gasteiger partial charge is 0.494 e. The van der Waals surface area contributed by atoms with Gasteiger partial charge in [-0.15, -0.1) is 0 Å². The van der Waals surface area contributed by atoms with E-state index in [0.29, 0.717) is 0 Å². The third-order valence-corrected chi connectivity index (χ3v) is 5.14. The Kier molecular flexibility index (Phi) is 4.91. The van der Waals surface area contributed by atoms with E-state index >= 15 is 0 Å². The minimum absolute atomic E-state index is 0.159. The van der Waals surface area contributed by atoms with Gasteiger partial charge >= 0.3 is 0 Å². The second-order valence-corrected chi connectivity index (χ2v) is 6.96. The highest BCUT2D eigenvalue weighted by Gasteiger charge is 2.10. The number of aromatic nitrogens is 1. The van der Waals surface area contributed by atoms with Crippen LogP contribution in [0.1, 0.15) is 37.7 Å². The summed E-state index contributed by atoms with van der Waals surface area (Å²) in [6.45, 7) is 2.29. The van der Waals surface area contributed by atoms with Crippen molar-refractivity contribution >= 4 is 28.5 Å². The molecule has 1 aliphatic rings. The van der Waals surface area contributed by atoms with Gasteiger partial charge in [0.15, 0.2) is 5.88 Å². The number of aromatic hydroxyl groups is 1. The molecule has 1 fully saturated rings. The number of H-pyrrole nitrogens is 1. The zero-order chi connectivity index (χ0) is 17.8. The molecule has 0 amide bonds. The van der Waals surface area contributed by atoms with Gasteiger partial charge in [0.25, 0.3) is 0 Å². The van der Waals surface area contributed by atoms with E-state index in [0.717, 1.165) is 35.2 Å². The number of para-hydroxylation sites is 1. The van der Waals surface area contributed by atoms with Crippen molar-refractivity contribution in [1.82, 2.24) is 4.98 Å². The van der Waals surface area contributed by atoms with Crippen LogP contribution in [0.5, 0.6) is 5.88 Å². The third kappa shape index (κ3) is 3.59. The molecule has 2 N–H and O–H groups in total. The maximum Gasteiger partial charge on any atom is 0.198 e. The summed E-state index contributed by atoms with van der Waals surface area (Å²) in [4.78, 5) is 10.0. The van der Waals surface area contributed by atoms with Crippen LogP contribution in [0.3, 0.4) is 0 Å². The Labute approximate surface area is 154 Å². The van der Waals surface area contributed by atoms with E-state index in [-0.39, 0.29) is 5.88 Å². The predicted octanol–water partition coefficient (Wildman–Crippen LogP) is 5.39. The number of aliphatic imine (C=N–C) groups is 1. The topological polar surface area (TPSA) is 51.6 Å². The van der Waals surface area contributed by atoms with Crippen molar-refractivity contribution in [3.63, 3.8) is 0 Å². The molecule has 2 heterocycles. The molecule has 4 nitrogen and oxygen atoms in total. The molecule has 2 aromatic carbocycles. The van der Waals surface area contributed by atoms with Crippen LogP contribution in [-0.2, 0) is 0 Å². The lowest BCUT2D eigenvalue weighted by Gasteiger charge is -2.26. The Hall–Kier alpha value is -2.75. The molecule has 4 rings (SSSR count). The Bertz CT molecular complexity index is 887. The number of hydrogen-bond donors (Lipinski definition) is 2. The summed E-state index contributed by atoms with van der Waals surface area (Å²) in [6.07, 6.45) is 8.35. The molecule has 0 radical (unpaired) electrons. The van der Waals surface area contributed by atoms with Crippen LogP contribution in [-0.4, -0.2) is 29.4 Å². The molecule has 26 heavy (non-hydrogen) atoms. The van der Waals surface area contributed by atoms with E-state index in [1.165, 1.54) is 37.8 Å². The van der Waals surface area contributed by atoms with Crippen LogP contribution >= 0.6 is 0 Å². The third-order valence-electron chi connectivity index (χ3n) is 5.14. The quantitative estimate of drug-likeness (QED) is 0.624. The standard InChI is InChI=1S/C22H25N3O/c26-22-20(19-8-4-5-9-21(19)24-22)16-23-17-10-12-18(13-11-17)25-14-6-2-1-3-7-15-25/h4-5,8-13,16,24,26H,1-3,6-7,14-15H2. The molecular weight excluding hydrogens is 322 g/mol. The highest BCUT2D eigenvalue weighted by molar-refractivity contribution is 6.02. The first kappa shape index (κ1) is 16.7. The molecular formula is C22H25N3O. The number of anilines is 1. The Morgan fingerprint density at radius 3 is 2.35 bits per heavy atom. The summed E-state index contributed by atoms with van der Waals surface area (Å²) in [6, 6.07) is 16.3. The molecule has 4 heteroatoms. The Morgan fingerprint density at radius 2 is 1.58 bits per heavy atom. The molecule has 0 bridgehead atoms. The van der Waals surface area contributed by atoms with Crippen LogP contribution in [0, 0.1) is 0 Å². The fourth-order valence-corrected chi connectivity index (χ4v) is 3.67. The van der Waals surface area contributed by atoms with Crippen molar-refractivity contribution in [2.75, 3.05) is 18.0 Å². The molecule has 3 aromatic rings. The molecule has 134 valence electrons. The molecule has 1 saturated heterocycles. The number of hydrogen-bond acceptors (Lipinski definition) is 3. The minimum Gasteiger partial charge on any atom is -0.494 e. The van der Waals surface area contributed by atoms with Crippen molar-refractivity contribution in [2.45, 2.75) is 32.1 Å². The number of fused-ring (bicyclic) bond motifs is 1. The number of nitrogens with one attached hydrogen (secondary N) is 1. The molecule has 0 aliphatic carbocycles. The predicted molar refractivity (Wildman–Crippen MR) is 109 cm³/mol. The van der Waals surface area contributed by atoms with Gasteiger partial charge in [-0.25, -0.2) is 0 Å². The van der Waals surface area contributed by atoms with Crippen molar-refractivity contribution in [1.29, 1.82) is 0 Å². The lowest BCUT2D eigenvalue weighted by atomic mass is 10.1. The summed E-state index contributed by atoms with van der Waals surface area (Å²) in [5.41, 5.74) is 3.82. The van der Waals surface area contributed by atoms with Crippen LogP contribution in [0.2, 0.25) is 0 Å². The Morgan fingerprint density at radius 1 is 0.885 bits per heavy atom. The van der Waals surface area contributed by atoms with Crippen LogP contribution in [0.15, 0.2) is 53.5 Å². The first-order valence-electron chi connectivity index (χ1n) is 9.50. The molecule has 0 saturated carbocycles. The maximum atomic E-state index is 10.1. The van der Waals surface area contributed by atoms with Gasteiger partial charge in [-0.2, -0.15) is 0 Å². The molecule has 1 aliphatic heterocycles. The van der Waals surface area contributed by atoms with Gasteiger partial charge in [0, 0.05) is 35.9 Å². The normalized spacial score (nSPS) is 16.1. The van der Waals surface area contributed by atoms with E-state index in [9.17, 15) is 5.11 Å². The van der Waals surface area contributed by atoms with E-state index in [2.05, 4.69) is 39.1 Å². The average molecular weight is 347 g/mol. The monoisotopic (exact) mass is 347 g/mol. The van der Waals surface area contributed by atoms with Gasteiger partial charge in [-0.3, -0.25) is 4.99 Å². The van der Waals surface area contributed by atoms with Crippen LogP contribution < -0.4 is 4.90 Å². The van der Waals surface area contributed by atoms with Gasteiger partial charge in [-0.1, -0.05) is 37.5 Å². The highest BCUT2D eigenvalue weighted by atomic mass is 16.3. The second kappa shape index (κ2) is 7.65.